The molecule has 122 valence electrons. The van der Waals surface area contributed by atoms with Gasteiger partial charge in [0.1, 0.15) is 17.8 Å². The Bertz CT molecular complexity index is 818. The van der Waals surface area contributed by atoms with Crippen LogP contribution in [-0.2, 0) is 4.79 Å². The van der Waals surface area contributed by atoms with Gasteiger partial charge in [0.15, 0.2) is 17.3 Å². The second-order valence-corrected chi connectivity index (χ2v) is 5.21. The maximum Gasteiger partial charge on any atom is 0.338 e. The molecule has 0 saturated carbocycles. The van der Waals surface area contributed by atoms with Crippen molar-refractivity contribution in [3.8, 4) is 23.0 Å². The number of fused-ring (bicyclic) bond motifs is 1. The van der Waals surface area contributed by atoms with Gasteiger partial charge in [0.2, 0.25) is 0 Å². The van der Waals surface area contributed by atoms with E-state index < -0.39 is 5.97 Å². The molecule has 0 fully saturated rings. The lowest BCUT2D eigenvalue weighted by Gasteiger charge is -2.19. The summed E-state index contributed by atoms with van der Waals surface area (Å²) in [5.41, 5.74) is 1.19. The van der Waals surface area contributed by atoms with Gasteiger partial charge in [-0.2, -0.15) is 0 Å². The zero-order valence-corrected chi connectivity index (χ0v) is 13.4. The average Bonchev–Trinajstić information content (AvgIpc) is 2.61. The van der Waals surface area contributed by atoms with Gasteiger partial charge < -0.3 is 18.9 Å². The summed E-state index contributed by atoms with van der Waals surface area (Å²) in [6.45, 7) is 5.13. The smallest absolute Gasteiger partial charge is 0.338 e. The van der Waals surface area contributed by atoms with E-state index in [4.69, 9.17) is 18.9 Å². The predicted octanol–water partition coefficient (Wildman–Crippen LogP) is 3.95. The van der Waals surface area contributed by atoms with Crippen LogP contribution in [0.2, 0.25) is 0 Å². The molecular formula is C19H16O5. The topological polar surface area (TPSA) is 54.0 Å². The minimum atomic E-state index is -0.485. The van der Waals surface area contributed by atoms with E-state index in [9.17, 15) is 4.79 Å². The summed E-state index contributed by atoms with van der Waals surface area (Å²) in [5.74, 6) is 2.24. The van der Waals surface area contributed by atoms with E-state index in [1.807, 2.05) is 24.3 Å². The molecule has 5 heteroatoms. The van der Waals surface area contributed by atoms with Gasteiger partial charge in [-0.3, -0.25) is 0 Å². The standard InChI is InChI=1S/C19H16O5/c1-12(2)19(20)23-15-8-9-16-17(10-15)22-11-18(24-16)13-4-6-14(21-3)7-5-13/h4-11H,1H2,2-3H3. The zero-order valence-electron chi connectivity index (χ0n) is 13.4. The first-order chi connectivity index (χ1) is 11.6. The van der Waals surface area contributed by atoms with Crippen LogP contribution < -0.4 is 18.9 Å². The molecule has 0 spiro atoms. The van der Waals surface area contributed by atoms with Crippen molar-refractivity contribution in [1.29, 1.82) is 0 Å². The van der Waals surface area contributed by atoms with Crippen LogP contribution in [-0.4, -0.2) is 13.1 Å². The van der Waals surface area contributed by atoms with Crippen LogP contribution >= 0.6 is 0 Å². The molecule has 1 aliphatic heterocycles. The minimum Gasteiger partial charge on any atom is -0.497 e. The third kappa shape index (κ3) is 3.25. The fraction of sp³-hybridized carbons (Fsp3) is 0.105. The molecule has 0 bridgehead atoms. The zero-order chi connectivity index (χ0) is 17.1. The number of hydrogen-bond acceptors (Lipinski definition) is 5. The monoisotopic (exact) mass is 324 g/mol. The molecule has 0 saturated heterocycles. The van der Waals surface area contributed by atoms with Crippen molar-refractivity contribution in [1.82, 2.24) is 0 Å². The highest BCUT2D eigenvalue weighted by Crippen LogP contribution is 2.38. The van der Waals surface area contributed by atoms with Gasteiger partial charge in [-0.15, -0.1) is 0 Å². The van der Waals surface area contributed by atoms with Crippen molar-refractivity contribution in [3.05, 3.63) is 66.4 Å². The van der Waals surface area contributed by atoms with Crippen LogP contribution in [0.4, 0.5) is 0 Å². The molecule has 5 nitrogen and oxygen atoms in total. The molecule has 0 N–H and O–H groups in total. The van der Waals surface area contributed by atoms with Gasteiger partial charge in [-0.05, 0) is 43.3 Å². The van der Waals surface area contributed by atoms with Crippen LogP contribution in [0.1, 0.15) is 12.5 Å². The molecule has 0 aliphatic carbocycles. The summed E-state index contributed by atoms with van der Waals surface area (Å²) in [5, 5.41) is 0. The number of hydrogen-bond donors (Lipinski definition) is 0. The van der Waals surface area contributed by atoms with Crippen LogP contribution in [0.5, 0.6) is 23.0 Å². The van der Waals surface area contributed by atoms with Crippen LogP contribution in [0.3, 0.4) is 0 Å². The number of rotatable bonds is 4. The highest BCUT2D eigenvalue weighted by atomic mass is 16.6. The normalized spacial score (nSPS) is 12.2. The molecule has 1 aliphatic rings. The highest BCUT2D eigenvalue weighted by molar-refractivity contribution is 5.88. The minimum absolute atomic E-state index is 0.326. The molecule has 0 unspecified atom stereocenters. The molecule has 3 rings (SSSR count). The summed E-state index contributed by atoms with van der Waals surface area (Å²) >= 11 is 0. The lowest BCUT2D eigenvalue weighted by molar-refractivity contribution is -0.130. The fourth-order valence-corrected chi connectivity index (χ4v) is 2.06. The molecule has 0 radical (unpaired) electrons. The number of carbonyl (C=O) groups is 1. The van der Waals surface area contributed by atoms with E-state index in [0.29, 0.717) is 28.6 Å². The summed E-state index contributed by atoms with van der Waals surface area (Å²) in [6, 6.07) is 12.4. The number of methoxy groups -OCH3 is 1. The van der Waals surface area contributed by atoms with E-state index in [-0.39, 0.29) is 0 Å². The Hall–Kier alpha value is -3.21. The van der Waals surface area contributed by atoms with Gasteiger partial charge in [-0.25, -0.2) is 4.79 Å². The molecular weight excluding hydrogens is 308 g/mol. The van der Waals surface area contributed by atoms with Crippen molar-refractivity contribution < 1.29 is 23.7 Å². The number of carbonyl (C=O) groups excluding carboxylic acids is 1. The molecule has 0 atom stereocenters. The van der Waals surface area contributed by atoms with Crippen LogP contribution in [0.15, 0.2) is 60.9 Å². The second kappa shape index (κ2) is 6.50. The summed E-state index contributed by atoms with van der Waals surface area (Å²) < 4.78 is 21.7. The van der Waals surface area contributed by atoms with E-state index in [2.05, 4.69) is 6.58 Å². The number of ether oxygens (including phenoxy) is 4. The highest BCUT2D eigenvalue weighted by Gasteiger charge is 2.17. The van der Waals surface area contributed by atoms with Gasteiger partial charge in [0, 0.05) is 17.2 Å². The van der Waals surface area contributed by atoms with E-state index >= 15 is 0 Å². The first-order valence-electron chi connectivity index (χ1n) is 7.27. The Morgan fingerprint density at radius 1 is 1.04 bits per heavy atom. The summed E-state index contributed by atoms with van der Waals surface area (Å²) in [6.07, 6.45) is 1.51. The summed E-state index contributed by atoms with van der Waals surface area (Å²) in [4.78, 5) is 11.6. The Labute approximate surface area is 139 Å². The van der Waals surface area contributed by atoms with E-state index in [1.165, 1.54) is 6.26 Å². The Morgan fingerprint density at radius 2 is 1.75 bits per heavy atom. The second-order valence-electron chi connectivity index (χ2n) is 5.21. The molecule has 0 amide bonds. The Kier molecular flexibility index (Phi) is 4.24. The molecule has 0 aromatic heterocycles. The number of esters is 1. The maximum atomic E-state index is 11.6. The van der Waals surface area contributed by atoms with E-state index in [1.54, 1.807) is 32.2 Å². The van der Waals surface area contributed by atoms with Gasteiger partial charge in [-0.1, -0.05) is 6.58 Å². The third-order valence-electron chi connectivity index (χ3n) is 3.36. The molecule has 24 heavy (non-hydrogen) atoms. The summed E-state index contributed by atoms with van der Waals surface area (Å²) in [7, 11) is 1.61. The van der Waals surface area contributed by atoms with Gasteiger partial charge in [0.05, 0.1) is 7.11 Å². The SMILES string of the molecule is C=C(C)C(=O)Oc1ccc2c(c1)OC=C(c1ccc(OC)cc1)O2. The average molecular weight is 324 g/mol. The van der Waals surface area contributed by atoms with Crippen molar-refractivity contribution >= 4 is 11.7 Å². The van der Waals surface area contributed by atoms with Crippen molar-refractivity contribution in [2.45, 2.75) is 6.92 Å². The quantitative estimate of drug-likeness (QED) is 0.484. The van der Waals surface area contributed by atoms with Crippen LogP contribution in [0.25, 0.3) is 5.76 Å². The Balaban J connectivity index is 1.77. The van der Waals surface area contributed by atoms with Crippen molar-refractivity contribution in [2.24, 2.45) is 0 Å². The largest absolute Gasteiger partial charge is 0.497 e. The lowest BCUT2D eigenvalue weighted by atomic mass is 10.2. The molecule has 1 heterocycles. The predicted molar refractivity (Wildman–Crippen MR) is 89.1 cm³/mol. The molecule has 2 aromatic carbocycles. The fourth-order valence-electron chi connectivity index (χ4n) is 2.06. The Morgan fingerprint density at radius 3 is 2.42 bits per heavy atom. The molecule has 2 aromatic rings. The first kappa shape index (κ1) is 15.7. The maximum absolute atomic E-state index is 11.6. The van der Waals surface area contributed by atoms with E-state index in [0.717, 1.165) is 11.3 Å². The first-order valence-corrected chi connectivity index (χ1v) is 7.27. The lowest BCUT2D eigenvalue weighted by Crippen LogP contribution is -2.09. The third-order valence-corrected chi connectivity index (χ3v) is 3.36. The number of benzene rings is 2. The van der Waals surface area contributed by atoms with Gasteiger partial charge >= 0.3 is 5.97 Å². The van der Waals surface area contributed by atoms with Crippen LogP contribution in [0, 0.1) is 0 Å². The van der Waals surface area contributed by atoms with Crippen molar-refractivity contribution in [3.63, 3.8) is 0 Å². The van der Waals surface area contributed by atoms with Gasteiger partial charge in [0.25, 0.3) is 0 Å². The van der Waals surface area contributed by atoms with Crippen molar-refractivity contribution in [2.75, 3.05) is 7.11 Å².